The molecule has 6 nitrogen and oxygen atoms in total. The Morgan fingerprint density at radius 3 is 2.17 bits per heavy atom. The average molecular weight is 407 g/mol. The third-order valence-electron chi connectivity index (χ3n) is 8.66. The van der Waals surface area contributed by atoms with E-state index in [1.807, 2.05) is 0 Å². The smallest absolute Gasteiger partial charge is 0.177 e. The number of hydrogen-bond acceptors (Lipinski definition) is 5. The van der Waals surface area contributed by atoms with Crippen LogP contribution in [0.15, 0.2) is 24.3 Å². The summed E-state index contributed by atoms with van der Waals surface area (Å²) in [6.45, 7) is 8.82. The molecule has 1 saturated heterocycles. The lowest BCUT2D eigenvalue weighted by Crippen LogP contribution is -2.67. The predicted molar refractivity (Wildman–Crippen MR) is 116 cm³/mol. The van der Waals surface area contributed by atoms with E-state index in [0.29, 0.717) is 17.8 Å². The quantitative estimate of drug-likeness (QED) is 0.844. The van der Waals surface area contributed by atoms with Crippen molar-refractivity contribution in [2.24, 2.45) is 23.7 Å². The van der Waals surface area contributed by atoms with Crippen LogP contribution in [0.25, 0.3) is 5.69 Å². The Morgan fingerprint density at radius 2 is 1.57 bits per heavy atom. The van der Waals surface area contributed by atoms with Crippen molar-refractivity contribution in [1.29, 1.82) is 0 Å². The van der Waals surface area contributed by atoms with Gasteiger partial charge in [0.25, 0.3) is 0 Å². The molecule has 6 heteroatoms. The molecule has 1 aliphatic heterocycles. The number of nitrogens with zero attached hydrogens (tertiary/aromatic N) is 5. The van der Waals surface area contributed by atoms with Gasteiger partial charge in [-0.15, -0.1) is 5.10 Å². The zero-order valence-corrected chi connectivity index (χ0v) is 18.3. The first-order chi connectivity index (χ1) is 14.7. The molecule has 4 saturated carbocycles. The molecule has 0 atom stereocenters. The number of aromatic nitrogens is 4. The molecule has 0 amide bonds. The van der Waals surface area contributed by atoms with Crippen LogP contribution in [0, 0.1) is 23.7 Å². The molecule has 1 aromatic carbocycles. The van der Waals surface area contributed by atoms with Gasteiger partial charge in [-0.3, -0.25) is 4.90 Å². The molecule has 0 unspecified atom stereocenters. The summed E-state index contributed by atoms with van der Waals surface area (Å²) in [5.74, 6) is 4.87. The van der Waals surface area contributed by atoms with Gasteiger partial charge >= 0.3 is 0 Å². The van der Waals surface area contributed by atoms with Crippen molar-refractivity contribution in [3.05, 3.63) is 35.7 Å². The van der Waals surface area contributed by atoms with Crippen LogP contribution in [0.2, 0.25) is 0 Å². The molecule has 30 heavy (non-hydrogen) atoms. The van der Waals surface area contributed by atoms with Crippen LogP contribution in [0.1, 0.15) is 63.3 Å². The van der Waals surface area contributed by atoms with E-state index in [2.05, 4.69) is 63.4 Å². The second-order valence-corrected chi connectivity index (χ2v) is 10.5. The van der Waals surface area contributed by atoms with Crippen LogP contribution in [0.4, 0.5) is 0 Å². The highest BCUT2D eigenvalue weighted by molar-refractivity contribution is 5.37. The first kappa shape index (κ1) is 18.9. The van der Waals surface area contributed by atoms with Gasteiger partial charge in [0.15, 0.2) is 5.82 Å². The summed E-state index contributed by atoms with van der Waals surface area (Å²) in [5, 5.41) is 17.1. The minimum Gasteiger partial charge on any atom is -0.314 e. The predicted octanol–water partition coefficient (Wildman–Crippen LogP) is 3.34. The van der Waals surface area contributed by atoms with Crippen molar-refractivity contribution in [3.8, 4) is 5.69 Å². The summed E-state index contributed by atoms with van der Waals surface area (Å²) in [6.07, 6.45) is 6.89. The molecule has 7 rings (SSSR count). The Morgan fingerprint density at radius 1 is 0.933 bits per heavy atom. The topological polar surface area (TPSA) is 58.9 Å². The maximum Gasteiger partial charge on any atom is 0.177 e. The summed E-state index contributed by atoms with van der Waals surface area (Å²) in [7, 11) is 0. The van der Waals surface area contributed by atoms with Crippen molar-refractivity contribution >= 4 is 0 Å². The van der Waals surface area contributed by atoms with Crippen LogP contribution in [0.5, 0.6) is 0 Å². The highest BCUT2D eigenvalue weighted by Gasteiger charge is 2.62. The molecule has 4 aliphatic carbocycles. The highest BCUT2D eigenvalue weighted by Crippen LogP contribution is 2.63. The largest absolute Gasteiger partial charge is 0.314 e. The molecule has 0 radical (unpaired) electrons. The zero-order valence-electron chi connectivity index (χ0n) is 18.3. The Bertz CT molecular complexity index is 861. The average Bonchev–Trinajstić information content (AvgIpc) is 3.24. The molecular formula is C24H34N6. The van der Waals surface area contributed by atoms with Crippen molar-refractivity contribution in [2.75, 3.05) is 26.2 Å². The fourth-order valence-corrected chi connectivity index (χ4v) is 7.57. The van der Waals surface area contributed by atoms with E-state index in [1.165, 1.54) is 37.7 Å². The molecule has 160 valence electrons. The first-order valence-corrected chi connectivity index (χ1v) is 12.0. The molecule has 5 aliphatic rings. The Hall–Kier alpha value is -1.79. The molecule has 5 fully saturated rings. The Labute approximate surface area is 179 Å². The lowest BCUT2D eigenvalue weighted by atomic mass is 9.47. The van der Waals surface area contributed by atoms with Gasteiger partial charge in [-0.05, 0) is 89.8 Å². The summed E-state index contributed by atoms with van der Waals surface area (Å²) in [4.78, 5) is 2.78. The molecule has 0 spiro atoms. The minimum atomic E-state index is -0.00423. The van der Waals surface area contributed by atoms with E-state index in [-0.39, 0.29) is 5.54 Å². The molecule has 4 bridgehead atoms. The van der Waals surface area contributed by atoms with Gasteiger partial charge in [-0.1, -0.05) is 26.0 Å². The van der Waals surface area contributed by atoms with Crippen LogP contribution < -0.4 is 5.32 Å². The maximum atomic E-state index is 4.78. The standard InChI is InChI=1S/C24H34N6/c1-16(2)19-3-5-22(6-4-19)30-23(26-27-28-30)24(29-9-7-25-8-10-29)20-12-17-11-18(14-20)15-21(24)13-17/h3-6,16-18,20-21,25H,7-15H2,1-2H3. The van der Waals surface area contributed by atoms with Gasteiger partial charge in [-0.2, -0.15) is 4.68 Å². The number of rotatable bonds is 4. The summed E-state index contributed by atoms with van der Waals surface area (Å²) in [6, 6.07) is 8.88. The van der Waals surface area contributed by atoms with Gasteiger partial charge in [0.05, 0.1) is 11.2 Å². The normalized spacial score (nSPS) is 36.0. The number of tetrazole rings is 1. The van der Waals surface area contributed by atoms with E-state index in [4.69, 9.17) is 5.10 Å². The summed E-state index contributed by atoms with van der Waals surface area (Å²) < 4.78 is 2.08. The van der Waals surface area contributed by atoms with Crippen molar-refractivity contribution in [2.45, 2.75) is 57.4 Å². The molecular weight excluding hydrogens is 372 g/mol. The maximum absolute atomic E-state index is 4.78. The fraction of sp³-hybridized carbons (Fsp3) is 0.708. The molecule has 1 aromatic heterocycles. The second kappa shape index (κ2) is 7.13. The highest BCUT2D eigenvalue weighted by atomic mass is 15.6. The SMILES string of the molecule is CC(C)c1ccc(-n2nnnc2C2(N3CCNCC3)C3CC4CC(C3)CC2C4)cc1. The van der Waals surface area contributed by atoms with E-state index in [9.17, 15) is 0 Å². The van der Waals surface area contributed by atoms with Gasteiger partial charge in [0.1, 0.15) is 0 Å². The zero-order chi connectivity index (χ0) is 20.3. The lowest BCUT2D eigenvalue weighted by molar-refractivity contribution is -0.150. The summed E-state index contributed by atoms with van der Waals surface area (Å²) in [5.41, 5.74) is 2.46. The number of nitrogens with one attached hydrogen (secondary N) is 1. The van der Waals surface area contributed by atoms with E-state index in [1.54, 1.807) is 0 Å². The molecule has 2 aromatic rings. The van der Waals surface area contributed by atoms with Crippen molar-refractivity contribution < 1.29 is 0 Å². The molecule has 2 heterocycles. The van der Waals surface area contributed by atoms with Gasteiger partial charge in [0.2, 0.25) is 0 Å². The third kappa shape index (κ3) is 2.72. The van der Waals surface area contributed by atoms with Crippen LogP contribution in [-0.2, 0) is 5.54 Å². The summed E-state index contributed by atoms with van der Waals surface area (Å²) >= 11 is 0. The number of hydrogen-bond donors (Lipinski definition) is 1. The van der Waals surface area contributed by atoms with Crippen molar-refractivity contribution in [1.82, 2.24) is 30.4 Å². The van der Waals surface area contributed by atoms with Gasteiger partial charge in [-0.25, -0.2) is 0 Å². The number of benzene rings is 1. The van der Waals surface area contributed by atoms with Crippen LogP contribution in [0.3, 0.4) is 0 Å². The second-order valence-electron chi connectivity index (χ2n) is 10.5. The van der Waals surface area contributed by atoms with E-state index < -0.39 is 0 Å². The third-order valence-corrected chi connectivity index (χ3v) is 8.66. The van der Waals surface area contributed by atoms with Gasteiger partial charge < -0.3 is 5.32 Å². The minimum absolute atomic E-state index is 0.00423. The Kier molecular flexibility index (Phi) is 4.50. The van der Waals surface area contributed by atoms with E-state index in [0.717, 1.165) is 49.5 Å². The lowest BCUT2D eigenvalue weighted by Gasteiger charge is -2.64. The van der Waals surface area contributed by atoms with Gasteiger partial charge in [0, 0.05) is 26.2 Å². The van der Waals surface area contributed by atoms with E-state index >= 15 is 0 Å². The van der Waals surface area contributed by atoms with Crippen molar-refractivity contribution in [3.63, 3.8) is 0 Å². The van der Waals surface area contributed by atoms with Crippen LogP contribution >= 0.6 is 0 Å². The fourth-order valence-electron chi connectivity index (χ4n) is 7.57. The number of piperazine rings is 1. The monoisotopic (exact) mass is 406 g/mol. The molecule has 1 N–H and O–H groups in total. The Balaban J connectivity index is 1.47. The van der Waals surface area contributed by atoms with Crippen LogP contribution in [-0.4, -0.2) is 51.3 Å². The first-order valence-electron chi connectivity index (χ1n) is 12.0.